The van der Waals surface area contributed by atoms with Crippen LogP contribution in [-0.2, 0) is 9.59 Å². The van der Waals surface area contributed by atoms with Crippen molar-refractivity contribution in [2.45, 2.75) is 19.4 Å². The van der Waals surface area contributed by atoms with Crippen LogP contribution in [0.4, 0.5) is 5.13 Å². The molecular formula is C19H18N4O2S2. The molecule has 3 heterocycles. The monoisotopic (exact) mass is 398 g/mol. The molecule has 8 heteroatoms. The van der Waals surface area contributed by atoms with Crippen LogP contribution in [0.5, 0.6) is 0 Å². The van der Waals surface area contributed by atoms with Crippen molar-refractivity contribution in [2.75, 3.05) is 11.9 Å². The van der Waals surface area contributed by atoms with Crippen molar-refractivity contribution < 1.29 is 9.59 Å². The lowest BCUT2D eigenvalue weighted by molar-refractivity contribution is -0.129. The van der Waals surface area contributed by atoms with E-state index in [4.69, 9.17) is 0 Å². The van der Waals surface area contributed by atoms with Gasteiger partial charge in [0.05, 0.1) is 16.8 Å². The van der Waals surface area contributed by atoms with Crippen molar-refractivity contribution in [3.63, 3.8) is 0 Å². The third-order valence-corrected chi connectivity index (χ3v) is 6.54. The Morgan fingerprint density at radius 3 is 2.78 bits per heavy atom. The molecule has 2 atom stereocenters. The number of hydrogen-bond acceptors (Lipinski definition) is 6. The number of likely N-dealkylation sites (tertiary alicyclic amines) is 1. The first-order valence-corrected chi connectivity index (χ1v) is 10.3. The lowest BCUT2D eigenvalue weighted by atomic mass is 10.1. The fourth-order valence-electron chi connectivity index (χ4n) is 3.17. The summed E-state index contributed by atoms with van der Waals surface area (Å²) >= 11 is 2.92. The molecule has 0 saturated carbocycles. The summed E-state index contributed by atoms with van der Waals surface area (Å²) in [5.41, 5.74) is 1.07. The summed E-state index contributed by atoms with van der Waals surface area (Å²) < 4.78 is 0. The van der Waals surface area contributed by atoms with Crippen molar-refractivity contribution in [3.8, 4) is 9.88 Å². The van der Waals surface area contributed by atoms with Gasteiger partial charge in [-0.1, -0.05) is 47.7 Å². The highest BCUT2D eigenvalue weighted by atomic mass is 32.1. The molecule has 1 aromatic carbocycles. The number of rotatable bonds is 5. The van der Waals surface area contributed by atoms with Gasteiger partial charge in [0.25, 0.3) is 0 Å². The normalized spacial score (nSPS) is 17.9. The van der Waals surface area contributed by atoms with Crippen molar-refractivity contribution in [1.29, 1.82) is 0 Å². The number of anilines is 1. The van der Waals surface area contributed by atoms with Crippen LogP contribution in [0.2, 0.25) is 0 Å². The molecule has 0 spiro atoms. The minimum Gasteiger partial charge on any atom is -0.335 e. The van der Waals surface area contributed by atoms with Crippen molar-refractivity contribution >= 4 is 39.6 Å². The van der Waals surface area contributed by atoms with Gasteiger partial charge >= 0.3 is 0 Å². The first-order valence-electron chi connectivity index (χ1n) is 8.64. The van der Waals surface area contributed by atoms with Gasteiger partial charge in [-0.25, -0.2) is 0 Å². The Morgan fingerprint density at radius 2 is 2.04 bits per heavy atom. The molecule has 2 amide bonds. The molecule has 27 heavy (non-hydrogen) atoms. The highest BCUT2D eigenvalue weighted by Crippen LogP contribution is 2.32. The van der Waals surface area contributed by atoms with Crippen LogP contribution in [0.1, 0.15) is 24.9 Å². The van der Waals surface area contributed by atoms with Gasteiger partial charge in [0.1, 0.15) is 0 Å². The zero-order valence-corrected chi connectivity index (χ0v) is 16.3. The fraction of sp³-hybridized carbons (Fsp3) is 0.263. The number of thiophene rings is 1. The summed E-state index contributed by atoms with van der Waals surface area (Å²) in [6, 6.07) is 13.7. The molecule has 1 aliphatic heterocycles. The summed E-state index contributed by atoms with van der Waals surface area (Å²) in [5, 5.41) is 14.2. The second kappa shape index (κ2) is 7.58. The van der Waals surface area contributed by atoms with Crippen LogP contribution in [0, 0.1) is 5.92 Å². The average Bonchev–Trinajstić information content (AvgIpc) is 3.42. The highest BCUT2D eigenvalue weighted by molar-refractivity contribution is 7.23. The second-order valence-electron chi connectivity index (χ2n) is 6.41. The number of aromatic nitrogens is 2. The molecule has 6 nitrogen and oxygen atoms in total. The Kier molecular flexibility index (Phi) is 5.00. The van der Waals surface area contributed by atoms with Gasteiger partial charge in [-0.2, -0.15) is 0 Å². The van der Waals surface area contributed by atoms with Gasteiger partial charge in [0, 0.05) is 13.0 Å². The lowest BCUT2D eigenvalue weighted by Crippen LogP contribution is -2.30. The van der Waals surface area contributed by atoms with Crippen LogP contribution in [0.25, 0.3) is 9.88 Å². The maximum Gasteiger partial charge on any atom is 0.231 e. The summed E-state index contributed by atoms with van der Waals surface area (Å²) in [6.07, 6.45) is 0.222. The Bertz CT molecular complexity index is 940. The lowest BCUT2D eigenvalue weighted by Gasteiger charge is -2.25. The first-order chi connectivity index (χ1) is 13.1. The summed E-state index contributed by atoms with van der Waals surface area (Å²) in [6.45, 7) is 2.41. The molecule has 1 saturated heterocycles. The quantitative estimate of drug-likeness (QED) is 0.709. The Balaban J connectivity index is 1.41. The van der Waals surface area contributed by atoms with Crippen LogP contribution >= 0.6 is 22.7 Å². The number of carbonyl (C=O) groups excluding carboxylic acids is 2. The molecular weight excluding hydrogens is 380 g/mol. The van der Waals surface area contributed by atoms with E-state index in [0.29, 0.717) is 11.7 Å². The Morgan fingerprint density at radius 1 is 1.22 bits per heavy atom. The fourth-order valence-corrected chi connectivity index (χ4v) is 4.71. The topological polar surface area (TPSA) is 75.2 Å². The van der Waals surface area contributed by atoms with E-state index in [1.807, 2.05) is 54.8 Å². The maximum absolute atomic E-state index is 12.6. The number of nitrogens with zero attached hydrogens (tertiary/aromatic N) is 3. The van der Waals surface area contributed by atoms with E-state index in [1.54, 1.807) is 16.2 Å². The van der Waals surface area contributed by atoms with E-state index in [1.165, 1.54) is 11.3 Å². The second-order valence-corrected chi connectivity index (χ2v) is 8.34. The molecule has 0 radical (unpaired) electrons. The van der Waals surface area contributed by atoms with Gasteiger partial charge in [-0.15, -0.1) is 21.5 Å². The third kappa shape index (κ3) is 3.77. The molecule has 1 N–H and O–H groups in total. The standard InChI is InChI=1S/C19H18N4O2S2/c1-12(13-6-3-2-4-7-13)23-11-14(10-16(23)24)17(25)20-19-22-21-18(27-19)15-8-5-9-26-15/h2-9,12,14H,10-11H2,1H3,(H,20,22,25). The Hall–Kier alpha value is -2.58. The summed E-state index contributed by atoms with van der Waals surface area (Å²) in [7, 11) is 0. The minimum absolute atomic E-state index is 0.00282. The van der Waals surface area contributed by atoms with Gasteiger partial charge in [-0.3, -0.25) is 9.59 Å². The van der Waals surface area contributed by atoms with E-state index >= 15 is 0 Å². The molecule has 2 unspecified atom stereocenters. The number of amides is 2. The van der Waals surface area contributed by atoms with Gasteiger partial charge in [0.15, 0.2) is 5.01 Å². The SMILES string of the molecule is CC(c1ccccc1)N1CC(C(=O)Nc2nnc(-c3cccs3)s2)CC1=O. The van der Waals surface area contributed by atoms with Crippen LogP contribution in [0.3, 0.4) is 0 Å². The van der Waals surface area contributed by atoms with Crippen molar-refractivity contribution in [1.82, 2.24) is 15.1 Å². The highest BCUT2D eigenvalue weighted by Gasteiger charge is 2.37. The number of hydrogen-bond donors (Lipinski definition) is 1. The number of carbonyl (C=O) groups is 2. The molecule has 3 aromatic rings. The molecule has 0 aliphatic carbocycles. The smallest absolute Gasteiger partial charge is 0.231 e. The molecule has 2 aromatic heterocycles. The van der Waals surface area contributed by atoms with E-state index in [-0.39, 0.29) is 30.2 Å². The molecule has 1 aliphatic rings. The van der Waals surface area contributed by atoms with E-state index < -0.39 is 0 Å². The van der Waals surface area contributed by atoms with Gasteiger partial charge in [0.2, 0.25) is 16.9 Å². The number of benzene rings is 1. The predicted octanol–water partition coefficient (Wildman–Crippen LogP) is 3.81. The van der Waals surface area contributed by atoms with E-state index in [0.717, 1.165) is 15.4 Å². The largest absolute Gasteiger partial charge is 0.335 e. The van der Waals surface area contributed by atoms with Crippen LogP contribution < -0.4 is 5.32 Å². The average molecular weight is 399 g/mol. The zero-order valence-electron chi connectivity index (χ0n) is 14.7. The van der Waals surface area contributed by atoms with Crippen molar-refractivity contribution in [2.24, 2.45) is 5.92 Å². The van der Waals surface area contributed by atoms with E-state index in [2.05, 4.69) is 15.5 Å². The summed E-state index contributed by atoms with van der Waals surface area (Å²) in [4.78, 5) is 27.8. The van der Waals surface area contributed by atoms with Gasteiger partial charge in [-0.05, 0) is 23.9 Å². The first kappa shape index (κ1) is 17.8. The van der Waals surface area contributed by atoms with Gasteiger partial charge < -0.3 is 10.2 Å². The minimum atomic E-state index is -0.377. The molecule has 138 valence electrons. The predicted molar refractivity (Wildman–Crippen MR) is 107 cm³/mol. The molecule has 4 rings (SSSR count). The molecule has 0 bridgehead atoms. The summed E-state index contributed by atoms with van der Waals surface area (Å²) in [5.74, 6) is -0.555. The third-order valence-electron chi connectivity index (χ3n) is 4.67. The zero-order chi connectivity index (χ0) is 18.8. The van der Waals surface area contributed by atoms with Crippen LogP contribution in [-0.4, -0.2) is 33.5 Å². The molecule has 1 fully saturated rings. The maximum atomic E-state index is 12.6. The van der Waals surface area contributed by atoms with Crippen molar-refractivity contribution in [3.05, 3.63) is 53.4 Å². The van der Waals surface area contributed by atoms with Crippen LogP contribution in [0.15, 0.2) is 47.8 Å². The number of nitrogens with one attached hydrogen (secondary N) is 1. The Labute approximate surface area is 164 Å². The van der Waals surface area contributed by atoms with E-state index in [9.17, 15) is 9.59 Å².